The van der Waals surface area contributed by atoms with Crippen molar-refractivity contribution >= 4 is 44.8 Å². The highest BCUT2D eigenvalue weighted by atomic mass is 19.1. The summed E-state index contributed by atoms with van der Waals surface area (Å²) in [5.41, 5.74) is 4.28. The number of H-pyrrole nitrogens is 1. The number of likely N-dealkylation sites (N-methyl/N-ethyl adjacent to an activating group) is 1. The molecule has 6 heterocycles. The summed E-state index contributed by atoms with van der Waals surface area (Å²) in [6.07, 6.45) is 4.52. The van der Waals surface area contributed by atoms with E-state index in [2.05, 4.69) is 27.1 Å². The lowest BCUT2D eigenvalue weighted by Crippen LogP contribution is -2.35. The minimum absolute atomic E-state index is 0.290. The van der Waals surface area contributed by atoms with Crippen LogP contribution in [0, 0.1) is 11.7 Å². The number of pyridine rings is 3. The molecule has 0 saturated carbocycles. The molecular formula is C29H27FN6O3. The Kier molecular flexibility index (Phi) is 5.18. The highest BCUT2D eigenvalue weighted by molar-refractivity contribution is 6.17. The van der Waals surface area contributed by atoms with Gasteiger partial charge in [-0.1, -0.05) is 6.07 Å². The van der Waals surface area contributed by atoms with E-state index in [0.717, 1.165) is 59.2 Å². The fraction of sp³-hybridized carbons (Fsp3) is 0.276. The number of benzene rings is 1. The number of rotatable bonds is 4. The molecule has 0 amide bonds. The fourth-order valence-electron chi connectivity index (χ4n) is 6.58. The SMILES string of the molecule is CNc1cc(F)cc2c1[nH]c1ncc(-c3ccc4ccc(C(=O)O)c(=O)n4c3)c(N3CC[C@H]4CN(C)C[C@H]43)c12. The number of carbonyl (C=O) groups is 1. The lowest BCUT2D eigenvalue weighted by atomic mass is 10.0. The predicted octanol–water partition coefficient (Wildman–Crippen LogP) is 4.02. The van der Waals surface area contributed by atoms with Gasteiger partial charge in [0.1, 0.15) is 17.0 Å². The van der Waals surface area contributed by atoms with E-state index < -0.39 is 11.5 Å². The first-order valence-electron chi connectivity index (χ1n) is 13.0. The third-order valence-electron chi connectivity index (χ3n) is 8.35. The first-order valence-corrected chi connectivity index (χ1v) is 13.0. The first-order chi connectivity index (χ1) is 18.8. The van der Waals surface area contributed by atoms with E-state index in [1.165, 1.54) is 16.5 Å². The van der Waals surface area contributed by atoms with Crippen molar-refractivity contribution in [2.24, 2.45) is 5.92 Å². The molecule has 2 saturated heterocycles. The van der Waals surface area contributed by atoms with Crippen molar-refractivity contribution in [1.82, 2.24) is 19.3 Å². The van der Waals surface area contributed by atoms with E-state index in [-0.39, 0.29) is 11.4 Å². The molecule has 198 valence electrons. The van der Waals surface area contributed by atoms with Crippen molar-refractivity contribution in [2.45, 2.75) is 12.5 Å². The summed E-state index contributed by atoms with van der Waals surface area (Å²) in [4.78, 5) is 37.6. The van der Waals surface area contributed by atoms with Crippen LogP contribution in [0.2, 0.25) is 0 Å². The zero-order valence-corrected chi connectivity index (χ0v) is 21.5. The smallest absolute Gasteiger partial charge is 0.341 e. The molecule has 1 aromatic carbocycles. The van der Waals surface area contributed by atoms with Gasteiger partial charge in [0.2, 0.25) is 0 Å². The van der Waals surface area contributed by atoms with Crippen molar-refractivity contribution in [1.29, 1.82) is 0 Å². The van der Waals surface area contributed by atoms with Crippen molar-refractivity contribution in [3.8, 4) is 11.1 Å². The van der Waals surface area contributed by atoms with Crippen LogP contribution < -0.4 is 15.8 Å². The molecule has 0 radical (unpaired) electrons. The second-order valence-electron chi connectivity index (χ2n) is 10.6. The summed E-state index contributed by atoms with van der Waals surface area (Å²) in [7, 11) is 3.90. The third-order valence-corrected chi connectivity index (χ3v) is 8.35. The van der Waals surface area contributed by atoms with Crippen molar-refractivity contribution in [3.05, 3.63) is 70.5 Å². The van der Waals surface area contributed by atoms with Gasteiger partial charge < -0.3 is 25.2 Å². The second kappa shape index (κ2) is 8.54. The highest BCUT2D eigenvalue weighted by Crippen LogP contribution is 2.46. The number of carboxylic acids is 1. The van der Waals surface area contributed by atoms with Crippen LogP contribution in [0.1, 0.15) is 16.8 Å². The molecule has 7 rings (SSSR count). The lowest BCUT2D eigenvalue weighted by molar-refractivity contribution is 0.0694. The van der Waals surface area contributed by atoms with Gasteiger partial charge in [-0.3, -0.25) is 9.20 Å². The van der Waals surface area contributed by atoms with Crippen LogP contribution in [-0.4, -0.2) is 70.1 Å². The Hall–Kier alpha value is -4.44. The van der Waals surface area contributed by atoms with Crippen LogP contribution in [-0.2, 0) is 0 Å². The Morgan fingerprint density at radius 2 is 2.03 bits per heavy atom. The number of fused-ring (bicyclic) bond motifs is 5. The molecule has 2 aliphatic rings. The quantitative estimate of drug-likeness (QED) is 0.325. The molecule has 39 heavy (non-hydrogen) atoms. The largest absolute Gasteiger partial charge is 0.477 e. The van der Waals surface area contributed by atoms with E-state index in [0.29, 0.717) is 28.8 Å². The maximum atomic E-state index is 14.8. The van der Waals surface area contributed by atoms with Crippen LogP contribution >= 0.6 is 0 Å². The predicted molar refractivity (Wildman–Crippen MR) is 149 cm³/mol. The maximum absolute atomic E-state index is 14.8. The van der Waals surface area contributed by atoms with Crippen molar-refractivity contribution < 1.29 is 14.3 Å². The number of aromatic carboxylic acids is 1. The zero-order chi connectivity index (χ0) is 27.0. The number of nitrogens with one attached hydrogen (secondary N) is 2. The standard InChI is InChI=1S/C29H27FN6O3/c1-31-22-10-17(30)9-20-24-26(35-8-7-16-12-34(2)14-23(16)35)21(11-32-27(24)33-25(20)22)15-3-4-18-5-6-19(29(38)39)28(37)36(18)13-15/h3-6,9-11,13,16,23,31H,7-8,12,14H2,1-2H3,(H,32,33)(H,38,39)/t16-,23+/m0/s1. The number of anilines is 2. The number of nitrogens with zero attached hydrogens (tertiary/aromatic N) is 4. The summed E-state index contributed by atoms with van der Waals surface area (Å²) in [6, 6.07) is 9.99. The number of hydrogen-bond donors (Lipinski definition) is 3. The lowest BCUT2D eigenvalue weighted by Gasteiger charge is -2.29. The molecule has 4 aromatic heterocycles. The van der Waals surface area contributed by atoms with Gasteiger partial charge in [-0.2, -0.15) is 0 Å². The Labute approximate surface area is 222 Å². The van der Waals surface area contributed by atoms with Crippen LogP contribution in [0.15, 0.2) is 53.6 Å². The molecule has 2 atom stereocenters. The average Bonchev–Trinajstić information content (AvgIpc) is 3.59. The molecule has 3 N–H and O–H groups in total. The molecule has 10 heteroatoms. The minimum atomic E-state index is -1.27. The molecule has 2 fully saturated rings. The number of halogens is 1. The number of aromatic amines is 1. The third kappa shape index (κ3) is 3.51. The van der Waals surface area contributed by atoms with E-state index in [1.807, 2.05) is 6.07 Å². The minimum Gasteiger partial charge on any atom is -0.477 e. The van der Waals surface area contributed by atoms with Crippen molar-refractivity contribution in [3.63, 3.8) is 0 Å². The van der Waals surface area contributed by atoms with E-state index in [9.17, 15) is 19.1 Å². The Bertz CT molecular complexity index is 1880. The fourth-order valence-corrected chi connectivity index (χ4v) is 6.58. The van der Waals surface area contributed by atoms with Gasteiger partial charge in [0, 0.05) is 67.1 Å². The molecule has 0 unspecified atom stereocenters. The normalized spacial score (nSPS) is 19.4. The van der Waals surface area contributed by atoms with E-state index >= 15 is 0 Å². The summed E-state index contributed by atoms with van der Waals surface area (Å²) in [5, 5.41) is 14.1. The number of hydrogen-bond acceptors (Lipinski definition) is 6. The summed E-state index contributed by atoms with van der Waals surface area (Å²) in [6.45, 7) is 2.80. The topological polar surface area (TPSA) is 106 Å². The number of carboxylic acid groups (broad SMARTS) is 1. The molecule has 0 bridgehead atoms. The molecular weight excluding hydrogens is 499 g/mol. The molecule has 9 nitrogen and oxygen atoms in total. The van der Waals surface area contributed by atoms with E-state index in [1.54, 1.807) is 37.6 Å². The Morgan fingerprint density at radius 1 is 1.21 bits per heavy atom. The average molecular weight is 527 g/mol. The summed E-state index contributed by atoms with van der Waals surface area (Å²) in [5.74, 6) is -1.08. The Morgan fingerprint density at radius 3 is 2.82 bits per heavy atom. The van der Waals surface area contributed by atoms with Gasteiger partial charge in [0.05, 0.1) is 22.3 Å². The monoisotopic (exact) mass is 526 g/mol. The molecule has 0 spiro atoms. The van der Waals surface area contributed by atoms with Gasteiger partial charge in [-0.15, -0.1) is 0 Å². The zero-order valence-electron chi connectivity index (χ0n) is 21.5. The van der Waals surface area contributed by atoms with Crippen LogP contribution in [0.4, 0.5) is 15.8 Å². The van der Waals surface area contributed by atoms with Gasteiger partial charge >= 0.3 is 5.97 Å². The second-order valence-corrected chi connectivity index (χ2v) is 10.6. The van der Waals surface area contributed by atoms with Gasteiger partial charge in [-0.25, -0.2) is 14.2 Å². The van der Waals surface area contributed by atoms with Crippen LogP contribution in [0.5, 0.6) is 0 Å². The van der Waals surface area contributed by atoms with Crippen LogP contribution in [0.25, 0.3) is 38.6 Å². The van der Waals surface area contributed by atoms with E-state index in [4.69, 9.17) is 4.98 Å². The highest BCUT2D eigenvalue weighted by Gasteiger charge is 2.41. The number of likely N-dealkylation sites (tertiary alicyclic amines) is 1. The van der Waals surface area contributed by atoms with Gasteiger partial charge in [0.25, 0.3) is 5.56 Å². The van der Waals surface area contributed by atoms with Gasteiger partial charge in [-0.05, 0) is 49.7 Å². The van der Waals surface area contributed by atoms with Crippen LogP contribution in [0.3, 0.4) is 0 Å². The molecule has 0 aliphatic carbocycles. The Balaban J connectivity index is 1.54. The maximum Gasteiger partial charge on any atom is 0.341 e. The summed E-state index contributed by atoms with van der Waals surface area (Å²) >= 11 is 0. The molecule has 2 aliphatic heterocycles. The first kappa shape index (κ1) is 23.7. The van der Waals surface area contributed by atoms with Gasteiger partial charge in [0.15, 0.2) is 0 Å². The molecule has 5 aromatic rings. The van der Waals surface area contributed by atoms with Crippen molar-refractivity contribution in [2.75, 3.05) is 43.9 Å². The number of aromatic nitrogens is 3. The summed E-state index contributed by atoms with van der Waals surface area (Å²) < 4.78 is 16.2.